The van der Waals surface area contributed by atoms with Crippen LogP contribution in [0.2, 0.25) is 0 Å². The van der Waals surface area contributed by atoms with Gasteiger partial charge in [0.2, 0.25) is 0 Å². The summed E-state index contributed by atoms with van der Waals surface area (Å²) in [7, 11) is -0.201. The minimum atomic E-state index is -6.64. The normalized spacial score (nSPS) is 12.3. The lowest BCUT2D eigenvalue weighted by Crippen LogP contribution is -2.60. The highest BCUT2D eigenvalue weighted by molar-refractivity contribution is 7.97. The van der Waals surface area contributed by atoms with Crippen molar-refractivity contribution < 1.29 is 45.1 Å². The molecule has 1 aromatic heterocycles. The minimum Gasteiger partial charge on any atom is -0.544 e. The van der Waals surface area contributed by atoms with E-state index in [0.29, 0.717) is 0 Å². The first-order chi connectivity index (χ1) is 19.3. The first-order valence-electron chi connectivity index (χ1n) is 11.6. The van der Waals surface area contributed by atoms with Gasteiger partial charge in [-0.05, 0) is 48.5 Å². The Morgan fingerprint density at radius 2 is 1.15 bits per heavy atom. The number of hydrogen-bond donors (Lipinski definition) is 0. The Morgan fingerprint density at radius 3 is 1.63 bits per heavy atom. The van der Waals surface area contributed by atoms with Gasteiger partial charge in [-0.2, -0.15) is 30.7 Å². The van der Waals surface area contributed by atoms with Crippen LogP contribution in [0.1, 0.15) is 0 Å². The maximum absolute atomic E-state index is 11.7. The van der Waals surface area contributed by atoms with E-state index >= 15 is 0 Å². The number of para-hydroxylation sites is 1. The van der Waals surface area contributed by atoms with Crippen LogP contribution in [0.3, 0.4) is 0 Å². The third-order valence-corrected chi connectivity index (χ3v) is 8.40. The molecule has 0 radical (unpaired) electrons. The van der Waals surface area contributed by atoms with E-state index in [2.05, 4.69) is 78.9 Å². The molecule has 5 aromatic rings. The fourth-order valence-corrected chi connectivity index (χ4v) is 6.18. The molecule has 0 atom stereocenters. The maximum Gasteiger partial charge on any atom is 0.460 e. The second-order valence-electron chi connectivity index (χ2n) is 8.45. The number of halogens is 7. The fraction of sp³-hybridized carbons (Fsp3) is 0.103. The summed E-state index contributed by atoms with van der Waals surface area (Å²) < 4.78 is 87.2. The number of benzene rings is 4. The third kappa shape index (κ3) is 5.94. The molecule has 5 rings (SSSR count). The van der Waals surface area contributed by atoms with Crippen molar-refractivity contribution in [1.29, 1.82) is 0 Å². The van der Waals surface area contributed by atoms with Gasteiger partial charge >= 0.3 is 18.0 Å². The Labute approximate surface area is 236 Å². The molecule has 0 bridgehead atoms. The van der Waals surface area contributed by atoms with Gasteiger partial charge in [0.15, 0.2) is 14.7 Å². The number of aliphatic carboxylic acids is 1. The molecular weight excluding hydrogens is 593 g/mol. The Hall–Kier alpha value is -3.90. The van der Waals surface area contributed by atoms with Crippen molar-refractivity contribution in [2.45, 2.75) is 32.7 Å². The SMILES string of the molecule is O=C([O-])C(F)(F)C(F)(F)C(F)(F)F.S=c1c2ccccc2oc2ccc([S+](c3ccccc3)c3ccccc3)cc12. The summed E-state index contributed by atoms with van der Waals surface area (Å²) in [5.74, 6) is -16.7. The first-order valence-corrected chi connectivity index (χ1v) is 13.2. The smallest absolute Gasteiger partial charge is 0.460 e. The van der Waals surface area contributed by atoms with Crippen LogP contribution < -0.4 is 5.11 Å². The van der Waals surface area contributed by atoms with Gasteiger partial charge in [0, 0.05) is 16.8 Å². The summed E-state index contributed by atoms with van der Waals surface area (Å²) in [6.45, 7) is 0. The summed E-state index contributed by atoms with van der Waals surface area (Å²) in [6.07, 6.45) is -6.64. The number of fused-ring (bicyclic) bond motifs is 2. The van der Waals surface area contributed by atoms with E-state index in [1.807, 2.05) is 24.3 Å². The van der Waals surface area contributed by atoms with E-state index in [1.54, 1.807) is 0 Å². The molecule has 3 nitrogen and oxygen atoms in total. The van der Waals surface area contributed by atoms with Crippen molar-refractivity contribution in [3.05, 3.63) is 108 Å². The second kappa shape index (κ2) is 11.5. The van der Waals surface area contributed by atoms with Crippen LogP contribution in [0.5, 0.6) is 0 Å². The van der Waals surface area contributed by atoms with Crippen molar-refractivity contribution in [2.75, 3.05) is 0 Å². The second-order valence-corrected chi connectivity index (χ2v) is 10.9. The van der Waals surface area contributed by atoms with Crippen LogP contribution >= 0.6 is 12.2 Å². The van der Waals surface area contributed by atoms with Gasteiger partial charge in [0.05, 0.1) is 15.4 Å². The molecular formula is C29H17F7O3S2. The summed E-state index contributed by atoms with van der Waals surface area (Å²) >= 11 is 5.82. The molecule has 0 saturated heterocycles. The van der Waals surface area contributed by atoms with Crippen LogP contribution in [0, 0.1) is 4.51 Å². The van der Waals surface area contributed by atoms with E-state index in [4.69, 9.17) is 16.6 Å². The van der Waals surface area contributed by atoms with Crippen LogP contribution in [0.25, 0.3) is 21.9 Å². The highest BCUT2D eigenvalue weighted by Gasteiger charge is 2.73. The number of carbonyl (C=O) groups is 1. The maximum atomic E-state index is 11.7. The number of carboxylic acid groups (broad SMARTS) is 1. The Balaban J connectivity index is 0.000000254. The van der Waals surface area contributed by atoms with E-state index in [-0.39, 0.29) is 10.9 Å². The van der Waals surface area contributed by atoms with Crippen molar-refractivity contribution in [3.63, 3.8) is 0 Å². The molecule has 12 heteroatoms. The van der Waals surface area contributed by atoms with E-state index in [0.717, 1.165) is 26.4 Å². The predicted molar refractivity (Wildman–Crippen MR) is 141 cm³/mol. The molecule has 0 aliphatic carbocycles. The minimum absolute atomic E-state index is 0.201. The zero-order valence-electron chi connectivity index (χ0n) is 20.5. The molecule has 1 heterocycles. The number of alkyl halides is 7. The van der Waals surface area contributed by atoms with Gasteiger partial charge in [-0.1, -0.05) is 60.7 Å². The highest BCUT2D eigenvalue weighted by atomic mass is 32.2. The summed E-state index contributed by atoms with van der Waals surface area (Å²) in [5.41, 5.74) is 1.66. The third-order valence-electron chi connectivity index (χ3n) is 5.75. The van der Waals surface area contributed by atoms with Crippen LogP contribution in [-0.4, -0.2) is 24.0 Å². The van der Waals surface area contributed by atoms with E-state index in [1.165, 1.54) is 14.7 Å². The monoisotopic (exact) mass is 610 g/mol. The molecule has 0 amide bonds. The molecule has 0 saturated carbocycles. The average Bonchev–Trinajstić information content (AvgIpc) is 2.94. The number of carbonyl (C=O) groups excluding carboxylic acids is 1. The summed E-state index contributed by atoms with van der Waals surface area (Å²) in [5, 5.41) is 11.3. The Bertz CT molecular complexity index is 1700. The Morgan fingerprint density at radius 1 is 0.659 bits per heavy atom. The Kier molecular flexibility index (Phi) is 8.46. The van der Waals surface area contributed by atoms with Crippen molar-refractivity contribution in [3.8, 4) is 0 Å². The molecule has 0 unspecified atom stereocenters. The molecule has 0 aliphatic rings. The van der Waals surface area contributed by atoms with Gasteiger partial charge in [0.1, 0.15) is 17.1 Å². The van der Waals surface area contributed by atoms with Gasteiger partial charge in [-0.15, -0.1) is 0 Å². The molecule has 0 fully saturated rings. The number of carboxylic acids is 1. The van der Waals surface area contributed by atoms with E-state index in [9.17, 15) is 40.6 Å². The molecule has 212 valence electrons. The molecule has 0 N–H and O–H groups in total. The topological polar surface area (TPSA) is 53.3 Å². The average molecular weight is 611 g/mol. The van der Waals surface area contributed by atoms with Gasteiger partial charge in [-0.3, -0.25) is 0 Å². The predicted octanol–water partition coefficient (Wildman–Crippen LogP) is 7.98. The highest BCUT2D eigenvalue weighted by Crippen LogP contribution is 2.46. The molecule has 4 aromatic carbocycles. The summed E-state index contributed by atoms with van der Waals surface area (Å²) in [4.78, 5) is 13.1. The lowest BCUT2D eigenvalue weighted by molar-refractivity contribution is -0.387. The first kappa shape index (κ1) is 30.1. The molecule has 0 spiro atoms. The van der Waals surface area contributed by atoms with Crippen molar-refractivity contribution >= 4 is 51.0 Å². The number of hydrogen-bond acceptors (Lipinski definition) is 4. The van der Waals surface area contributed by atoms with E-state index < -0.39 is 24.0 Å². The lowest BCUT2D eigenvalue weighted by atomic mass is 10.1. The summed E-state index contributed by atoms with van der Waals surface area (Å²) in [6, 6.07) is 35.7. The van der Waals surface area contributed by atoms with Crippen molar-refractivity contribution in [1.82, 2.24) is 0 Å². The van der Waals surface area contributed by atoms with Gasteiger partial charge < -0.3 is 14.3 Å². The molecule has 0 aliphatic heterocycles. The van der Waals surface area contributed by atoms with Crippen molar-refractivity contribution in [2.24, 2.45) is 0 Å². The fourth-order valence-electron chi connectivity index (χ4n) is 3.74. The van der Waals surface area contributed by atoms with Gasteiger partial charge in [-0.25, -0.2) is 0 Å². The number of rotatable bonds is 5. The largest absolute Gasteiger partial charge is 0.544 e. The zero-order chi connectivity index (χ0) is 30.0. The van der Waals surface area contributed by atoms with Crippen LogP contribution in [-0.2, 0) is 15.7 Å². The molecule has 41 heavy (non-hydrogen) atoms. The van der Waals surface area contributed by atoms with Crippen LogP contribution in [0.15, 0.2) is 122 Å². The standard InChI is InChI=1S/C25H17OS2.C4HF7O2/c27-25-21-13-7-8-14-23(21)26-24-16-15-20(17-22(24)25)28(18-9-3-1-4-10-18)19-11-5-2-6-12-19;5-2(6,1(12)13)3(7,8)4(9,10)11/h1-17H;(H,12,13)/q+1;/p-1. The zero-order valence-corrected chi connectivity index (χ0v) is 22.1. The quantitative estimate of drug-likeness (QED) is 0.0877. The van der Waals surface area contributed by atoms with Gasteiger partial charge in [0.25, 0.3) is 0 Å². The van der Waals surface area contributed by atoms with Crippen LogP contribution in [0.4, 0.5) is 30.7 Å². The lowest BCUT2D eigenvalue weighted by Gasteiger charge is -2.28.